The van der Waals surface area contributed by atoms with Crippen LogP contribution in [0.2, 0.25) is 0 Å². The summed E-state index contributed by atoms with van der Waals surface area (Å²) in [6, 6.07) is 6.85. The monoisotopic (exact) mass is 437 g/mol. The van der Waals surface area contributed by atoms with Gasteiger partial charge in [0.2, 0.25) is 10.0 Å². The number of benzene rings is 1. The van der Waals surface area contributed by atoms with E-state index in [1.165, 1.54) is 10.7 Å². The van der Waals surface area contributed by atoms with E-state index in [-0.39, 0.29) is 11.7 Å². The van der Waals surface area contributed by atoms with E-state index in [2.05, 4.69) is 24.1 Å². The summed E-state index contributed by atoms with van der Waals surface area (Å²) in [7, 11) is -3.36. The van der Waals surface area contributed by atoms with E-state index in [0.29, 0.717) is 44.0 Å². The second-order valence-electron chi connectivity index (χ2n) is 8.78. The summed E-state index contributed by atoms with van der Waals surface area (Å²) in [5.41, 5.74) is 1.24. The number of amides is 1. The summed E-state index contributed by atoms with van der Waals surface area (Å²) in [5.74, 6) is 1.32. The number of nitrogens with one attached hydrogen (secondary N) is 1. The molecule has 0 aliphatic carbocycles. The molecular weight excluding hydrogens is 402 g/mol. The second kappa shape index (κ2) is 10.7. The lowest BCUT2D eigenvalue weighted by atomic mass is 9.92. The van der Waals surface area contributed by atoms with Gasteiger partial charge in [0.1, 0.15) is 0 Å². The average Bonchev–Trinajstić information content (AvgIpc) is 2.71. The minimum Gasteiger partial charge on any atom is -0.379 e. The van der Waals surface area contributed by atoms with E-state index in [4.69, 9.17) is 4.74 Å². The Hall–Kier alpha value is -1.48. The molecule has 1 aromatic carbocycles. The third-order valence-electron chi connectivity index (χ3n) is 5.81. The molecule has 0 saturated carbocycles. The molecular formula is C22H35N3O4S. The number of sulfonamides is 1. The lowest BCUT2D eigenvalue weighted by Gasteiger charge is -2.34. The highest BCUT2D eigenvalue weighted by Gasteiger charge is 2.24. The number of ether oxygens (including phenoxy) is 1. The normalized spacial score (nSPS) is 23.9. The zero-order valence-corrected chi connectivity index (χ0v) is 19.0. The van der Waals surface area contributed by atoms with Gasteiger partial charge in [0.15, 0.2) is 0 Å². The summed E-state index contributed by atoms with van der Waals surface area (Å²) in [6.07, 6.45) is 2.23. The molecule has 2 aliphatic rings. The minimum absolute atomic E-state index is 0.0540. The van der Waals surface area contributed by atoms with Crippen LogP contribution in [0.5, 0.6) is 0 Å². The number of rotatable bonds is 8. The summed E-state index contributed by atoms with van der Waals surface area (Å²) in [4.78, 5) is 14.9. The third kappa shape index (κ3) is 6.77. The quantitative estimate of drug-likeness (QED) is 0.629. The van der Waals surface area contributed by atoms with Crippen molar-refractivity contribution in [2.24, 2.45) is 11.8 Å². The molecule has 30 heavy (non-hydrogen) atoms. The number of hydrogen-bond donors (Lipinski definition) is 1. The van der Waals surface area contributed by atoms with E-state index in [1.54, 1.807) is 24.3 Å². The largest absolute Gasteiger partial charge is 0.379 e. The van der Waals surface area contributed by atoms with Crippen molar-refractivity contribution in [2.45, 2.75) is 32.4 Å². The number of carbonyl (C=O) groups is 1. The Morgan fingerprint density at radius 3 is 2.37 bits per heavy atom. The number of carbonyl (C=O) groups excluding carboxylic acids is 1. The van der Waals surface area contributed by atoms with Gasteiger partial charge >= 0.3 is 0 Å². The van der Waals surface area contributed by atoms with Crippen molar-refractivity contribution in [3.8, 4) is 0 Å². The second-order valence-corrected chi connectivity index (χ2v) is 10.7. The fourth-order valence-corrected chi connectivity index (χ4v) is 5.96. The maximum Gasteiger partial charge on any atom is 0.251 e. The Morgan fingerprint density at radius 1 is 1.10 bits per heavy atom. The van der Waals surface area contributed by atoms with Crippen LogP contribution in [-0.2, 0) is 20.5 Å². The van der Waals surface area contributed by atoms with Gasteiger partial charge < -0.3 is 15.0 Å². The maximum absolute atomic E-state index is 12.5. The van der Waals surface area contributed by atoms with Gasteiger partial charge in [-0.1, -0.05) is 26.0 Å². The van der Waals surface area contributed by atoms with Crippen molar-refractivity contribution in [2.75, 3.05) is 52.5 Å². The SMILES string of the molecule is C[C@H]1C[C@H](C)CN(CCCNC(=O)c2ccc(CS(=O)(=O)N3CCOCC3)cc2)C1. The molecule has 0 unspecified atom stereocenters. The number of likely N-dealkylation sites (tertiary alicyclic amines) is 1. The third-order valence-corrected chi connectivity index (χ3v) is 7.66. The molecule has 0 radical (unpaired) electrons. The molecule has 168 valence electrons. The van der Waals surface area contributed by atoms with Crippen molar-refractivity contribution in [1.29, 1.82) is 0 Å². The standard InChI is InChI=1S/C22H35N3O4S/c1-18-14-19(2)16-24(15-18)9-3-8-23-22(26)21-6-4-20(5-7-21)17-30(27,28)25-10-12-29-13-11-25/h4-7,18-19H,3,8-17H2,1-2H3,(H,23,26)/t18-,19-/m0/s1. The highest BCUT2D eigenvalue weighted by molar-refractivity contribution is 7.88. The van der Waals surface area contributed by atoms with Crippen molar-refractivity contribution < 1.29 is 17.9 Å². The van der Waals surface area contributed by atoms with Crippen molar-refractivity contribution in [3.63, 3.8) is 0 Å². The van der Waals surface area contributed by atoms with Crippen LogP contribution >= 0.6 is 0 Å². The van der Waals surface area contributed by atoms with Crippen LogP contribution in [0.1, 0.15) is 42.6 Å². The number of nitrogens with zero attached hydrogens (tertiary/aromatic N) is 2. The van der Waals surface area contributed by atoms with Gasteiger partial charge in [-0.3, -0.25) is 4.79 Å². The Labute approximate surface area is 180 Å². The smallest absolute Gasteiger partial charge is 0.251 e. The van der Waals surface area contributed by atoms with Crippen LogP contribution in [-0.4, -0.2) is 76.0 Å². The molecule has 2 aliphatic heterocycles. The fraction of sp³-hybridized carbons (Fsp3) is 0.682. The molecule has 8 heteroatoms. The predicted molar refractivity (Wildman–Crippen MR) is 118 cm³/mol. The summed E-state index contributed by atoms with van der Waals surface area (Å²) < 4.78 is 31.7. The van der Waals surface area contributed by atoms with Gasteiger partial charge in [-0.2, -0.15) is 4.31 Å². The Balaban J connectivity index is 1.42. The zero-order chi connectivity index (χ0) is 21.6. The van der Waals surface area contributed by atoms with Gasteiger partial charge in [0, 0.05) is 38.3 Å². The summed E-state index contributed by atoms with van der Waals surface area (Å²) in [6.45, 7) is 10.2. The molecule has 1 N–H and O–H groups in total. The fourth-order valence-electron chi connectivity index (χ4n) is 4.46. The molecule has 2 saturated heterocycles. The van der Waals surface area contributed by atoms with Crippen LogP contribution in [0.3, 0.4) is 0 Å². The van der Waals surface area contributed by atoms with Gasteiger partial charge in [-0.25, -0.2) is 8.42 Å². The first kappa shape index (κ1) is 23.2. The molecule has 2 heterocycles. The summed E-state index contributed by atoms with van der Waals surface area (Å²) >= 11 is 0. The predicted octanol–water partition coefficient (Wildman–Crippen LogP) is 1.95. The topological polar surface area (TPSA) is 79.0 Å². The molecule has 1 aromatic rings. The maximum atomic E-state index is 12.5. The minimum atomic E-state index is -3.36. The van der Waals surface area contributed by atoms with Gasteiger partial charge in [0.25, 0.3) is 5.91 Å². The highest BCUT2D eigenvalue weighted by atomic mass is 32.2. The van der Waals surface area contributed by atoms with Crippen LogP contribution < -0.4 is 5.32 Å². The first-order chi connectivity index (χ1) is 14.3. The average molecular weight is 438 g/mol. The molecule has 1 amide bonds. The molecule has 7 nitrogen and oxygen atoms in total. The first-order valence-electron chi connectivity index (χ1n) is 11.0. The van der Waals surface area contributed by atoms with E-state index in [0.717, 1.165) is 37.9 Å². The van der Waals surface area contributed by atoms with Crippen LogP contribution in [0.25, 0.3) is 0 Å². The van der Waals surface area contributed by atoms with Crippen molar-refractivity contribution in [3.05, 3.63) is 35.4 Å². The van der Waals surface area contributed by atoms with Crippen LogP contribution in [0.15, 0.2) is 24.3 Å². The van der Waals surface area contributed by atoms with E-state index in [9.17, 15) is 13.2 Å². The molecule has 0 aromatic heterocycles. The molecule has 2 atom stereocenters. The van der Waals surface area contributed by atoms with E-state index < -0.39 is 10.0 Å². The Morgan fingerprint density at radius 2 is 1.73 bits per heavy atom. The summed E-state index contributed by atoms with van der Waals surface area (Å²) in [5, 5.41) is 2.97. The van der Waals surface area contributed by atoms with Gasteiger partial charge in [-0.05, 0) is 48.9 Å². The molecule has 3 rings (SSSR count). The lowest BCUT2D eigenvalue weighted by molar-refractivity contribution is 0.0729. The lowest BCUT2D eigenvalue weighted by Crippen LogP contribution is -2.41. The Kier molecular flexibility index (Phi) is 8.27. The van der Waals surface area contributed by atoms with E-state index >= 15 is 0 Å². The van der Waals surface area contributed by atoms with Crippen LogP contribution in [0, 0.1) is 11.8 Å². The zero-order valence-electron chi connectivity index (χ0n) is 18.2. The van der Waals surface area contributed by atoms with Gasteiger partial charge in [-0.15, -0.1) is 0 Å². The number of morpholine rings is 1. The first-order valence-corrected chi connectivity index (χ1v) is 12.6. The van der Waals surface area contributed by atoms with Gasteiger partial charge in [0.05, 0.1) is 19.0 Å². The number of hydrogen-bond acceptors (Lipinski definition) is 5. The molecule has 0 spiro atoms. The van der Waals surface area contributed by atoms with Crippen molar-refractivity contribution >= 4 is 15.9 Å². The van der Waals surface area contributed by atoms with Crippen LogP contribution in [0.4, 0.5) is 0 Å². The number of piperidine rings is 1. The molecule has 0 bridgehead atoms. The van der Waals surface area contributed by atoms with E-state index in [1.807, 2.05) is 0 Å². The molecule has 2 fully saturated rings. The van der Waals surface area contributed by atoms with Crippen molar-refractivity contribution in [1.82, 2.24) is 14.5 Å². The Bertz CT molecular complexity index is 781. The highest BCUT2D eigenvalue weighted by Crippen LogP contribution is 2.20.